The second kappa shape index (κ2) is 4.41. The predicted octanol–water partition coefficient (Wildman–Crippen LogP) is 1.86. The summed E-state index contributed by atoms with van der Waals surface area (Å²) in [6, 6.07) is 0. The van der Waals surface area contributed by atoms with Crippen LogP contribution < -0.4 is 0 Å². The Bertz CT molecular complexity index is 361. The number of rotatable bonds is 2. The van der Waals surface area contributed by atoms with Crippen molar-refractivity contribution in [2.75, 3.05) is 13.1 Å². The average Bonchev–Trinajstić information content (AvgIpc) is 2.59. The molecule has 1 aliphatic heterocycles. The van der Waals surface area contributed by atoms with Crippen LogP contribution in [0.1, 0.15) is 23.9 Å². The number of ketones is 1. The zero-order valence-electron chi connectivity index (χ0n) is 9.19. The molecule has 4 heteroatoms. The first-order valence-corrected chi connectivity index (χ1v) is 6.19. The number of aryl methyl sites for hydroxylation is 1. The summed E-state index contributed by atoms with van der Waals surface area (Å²) < 4.78 is 0. The van der Waals surface area contributed by atoms with Crippen molar-refractivity contribution in [1.82, 2.24) is 9.88 Å². The lowest BCUT2D eigenvalue weighted by Gasteiger charge is -2.29. The summed E-state index contributed by atoms with van der Waals surface area (Å²) in [5, 5.41) is 0. The lowest BCUT2D eigenvalue weighted by atomic mass is 9.98. The maximum Gasteiger partial charge on any atom is 0.138 e. The number of nitrogens with zero attached hydrogens (tertiary/aromatic N) is 2. The third kappa shape index (κ3) is 2.44. The molecule has 0 N–H and O–H groups in total. The van der Waals surface area contributed by atoms with E-state index in [1.807, 2.05) is 19.4 Å². The lowest BCUT2D eigenvalue weighted by Crippen LogP contribution is -2.38. The highest BCUT2D eigenvalue weighted by molar-refractivity contribution is 7.09. The van der Waals surface area contributed by atoms with Crippen LogP contribution in [0.25, 0.3) is 0 Å². The molecule has 1 fully saturated rings. The fourth-order valence-electron chi connectivity index (χ4n) is 1.92. The number of carbonyl (C=O) groups is 1. The van der Waals surface area contributed by atoms with Gasteiger partial charge in [-0.15, -0.1) is 11.3 Å². The molecule has 1 atom stereocenters. The number of aromatic nitrogens is 1. The van der Waals surface area contributed by atoms with E-state index in [-0.39, 0.29) is 5.92 Å². The number of piperidine rings is 1. The first kappa shape index (κ1) is 10.8. The van der Waals surface area contributed by atoms with E-state index in [1.165, 1.54) is 4.88 Å². The summed E-state index contributed by atoms with van der Waals surface area (Å²) in [4.78, 5) is 19.3. The van der Waals surface area contributed by atoms with Crippen LogP contribution in [0.3, 0.4) is 0 Å². The van der Waals surface area contributed by atoms with Gasteiger partial charge in [0.15, 0.2) is 0 Å². The molecule has 1 unspecified atom stereocenters. The minimum absolute atomic E-state index is 0.201. The van der Waals surface area contributed by atoms with E-state index in [1.54, 1.807) is 11.3 Å². The molecule has 82 valence electrons. The third-order valence-electron chi connectivity index (χ3n) is 2.97. The monoisotopic (exact) mass is 224 g/mol. The fourth-order valence-corrected chi connectivity index (χ4v) is 2.74. The molecule has 2 rings (SSSR count). The first-order valence-electron chi connectivity index (χ1n) is 5.31. The van der Waals surface area contributed by atoms with Crippen LogP contribution in [-0.2, 0) is 11.3 Å². The number of Topliss-reactive ketones (excluding diaryl/α,β-unsaturated/α-hetero) is 1. The molecule has 1 aliphatic rings. The van der Waals surface area contributed by atoms with Crippen LogP contribution in [-0.4, -0.2) is 28.8 Å². The molecular formula is C11H16N2OS. The van der Waals surface area contributed by atoms with Crippen LogP contribution in [0.2, 0.25) is 0 Å². The van der Waals surface area contributed by atoms with Crippen molar-refractivity contribution in [3.05, 3.63) is 16.1 Å². The van der Waals surface area contributed by atoms with Gasteiger partial charge in [0.05, 0.1) is 11.2 Å². The van der Waals surface area contributed by atoms with Gasteiger partial charge >= 0.3 is 0 Å². The van der Waals surface area contributed by atoms with Crippen molar-refractivity contribution >= 4 is 17.1 Å². The van der Waals surface area contributed by atoms with Gasteiger partial charge in [0.25, 0.3) is 0 Å². The smallest absolute Gasteiger partial charge is 0.138 e. The van der Waals surface area contributed by atoms with Crippen molar-refractivity contribution in [3.8, 4) is 0 Å². The largest absolute Gasteiger partial charge is 0.299 e. The molecule has 3 nitrogen and oxygen atoms in total. The SMILES string of the molecule is Cc1ncsc1CN1CCC(=O)C(C)C1. The maximum absolute atomic E-state index is 11.4. The molecule has 0 aromatic carbocycles. The standard InChI is InChI=1S/C11H16N2OS/c1-8-5-13(4-3-10(8)14)6-11-9(2)12-7-15-11/h7-8H,3-6H2,1-2H3. The summed E-state index contributed by atoms with van der Waals surface area (Å²) in [5.74, 6) is 0.610. The highest BCUT2D eigenvalue weighted by Gasteiger charge is 2.23. The van der Waals surface area contributed by atoms with Gasteiger partial charge in [0.2, 0.25) is 0 Å². The molecule has 0 bridgehead atoms. The summed E-state index contributed by atoms with van der Waals surface area (Å²) in [7, 11) is 0. The Kier molecular flexibility index (Phi) is 3.17. The number of likely N-dealkylation sites (tertiary alicyclic amines) is 1. The highest BCUT2D eigenvalue weighted by Crippen LogP contribution is 2.19. The van der Waals surface area contributed by atoms with Gasteiger partial charge in [0, 0.05) is 36.9 Å². The topological polar surface area (TPSA) is 33.2 Å². The second-order valence-electron chi connectivity index (χ2n) is 4.21. The van der Waals surface area contributed by atoms with E-state index in [0.29, 0.717) is 12.2 Å². The lowest BCUT2D eigenvalue weighted by molar-refractivity contribution is -0.125. The van der Waals surface area contributed by atoms with Gasteiger partial charge < -0.3 is 0 Å². The van der Waals surface area contributed by atoms with Crippen LogP contribution in [0.4, 0.5) is 0 Å². The Morgan fingerprint density at radius 2 is 2.47 bits per heavy atom. The normalized spacial score (nSPS) is 23.3. The molecule has 1 saturated heterocycles. The molecular weight excluding hydrogens is 208 g/mol. The van der Waals surface area contributed by atoms with Gasteiger partial charge in [-0.2, -0.15) is 0 Å². The average molecular weight is 224 g/mol. The maximum atomic E-state index is 11.4. The Hall–Kier alpha value is -0.740. The molecule has 0 aliphatic carbocycles. The highest BCUT2D eigenvalue weighted by atomic mass is 32.1. The number of hydrogen-bond donors (Lipinski definition) is 0. The summed E-state index contributed by atoms with van der Waals surface area (Å²) in [6.07, 6.45) is 0.707. The van der Waals surface area contributed by atoms with Crippen LogP contribution in [0.5, 0.6) is 0 Å². The number of hydrogen-bond acceptors (Lipinski definition) is 4. The van der Waals surface area contributed by atoms with E-state index in [0.717, 1.165) is 25.3 Å². The number of thiazole rings is 1. The van der Waals surface area contributed by atoms with E-state index < -0.39 is 0 Å². The molecule has 2 heterocycles. The van der Waals surface area contributed by atoms with Crippen LogP contribution in [0, 0.1) is 12.8 Å². The third-order valence-corrected chi connectivity index (χ3v) is 3.89. The Morgan fingerprint density at radius 3 is 3.07 bits per heavy atom. The van der Waals surface area contributed by atoms with E-state index >= 15 is 0 Å². The number of carbonyl (C=O) groups excluding carboxylic acids is 1. The van der Waals surface area contributed by atoms with Gasteiger partial charge in [-0.1, -0.05) is 6.92 Å². The van der Waals surface area contributed by atoms with E-state index in [2.05, 4.69) is 9.88 Å². The van der Waals surface area contributed by atoms with Crippen molar-refractivity contribution in [3.63, 3.8) is 0 Å². The molecule has 0 radical (unpaired) electrons. The quantitative estimate of drug-likeness (QED) is 0.769. The first-order chi connectivity index (χ1) is 7.16. The van der Waals surface area contributed by atoms with Crippen molar-refractivity contribution in [2.24, 2.45) is 5.92 Å². The van der Waals surface area contributed by atoms with Crippen molar-refractivity contribution in [2.45, 2.75) is 26.8 Å². The zero-order chi connectivity index (χ0) is 10.8. The van der Waals surface area contributed by atoms with Crippen LogP contribution >= 0.6 is 11.3 Å². The summed E-state index contributed by atoms with van der Waals surface area (Å²) >= 11 is 1.71. The van der Waals surface area contributed by atoms with E-state index in [4.69, 9.17) is 0 Å². The summed E-state index contributed by atoms with van der Waals surface area (Å²) in [5.41, 5.74) is 3.02. The van der Waals surface area contributed by atoms with Crippen LogP contribution in [0.15, 0.2) is 5.51 Å². The van der Waals surface area contributed by atoms with Crippen molar-refractivity contribution < 1.29 is 4.79 Å². The van der Waals surface area contributed by atoms with Gasteiger partial charge in [-0.3, -0.25) is 9.69 Å². The van der Waals surface area contributed by atoms with Gasteiger partial charge in [-0.05, 0) is 6.92 Å². The fraction of sp³-hybridized carbons (Fsp3) is 0.636. The summed E-state index contributed by atoms with van der Waals surface area (Å²) in [6.45, 7) is 6.82. The predicted molar refractivity (Wildman–Crippen MR) is 60.9 cm³/mol. The Labute approximate surface area is 94.1 Å². The van der Waals surface area contributed by atoms with E-state index in [9.17, 15) is 4.79 Å². The molecule has 1 aromatic rings. The van der Waals surface area contributed by atoms with Crippen molar-refractivity contribution in [1.29, 1.82) is 0 Å². The molecule has 0 spiro atoms. The molecule has 0 saturated carbocycles. The van der Waals surface area contributed by atoms with Gasteiger partial charge in [0.1, 0.15) is 5.78 Å². The molecule has 1 aromatic heterocycles. The minimum atomic E-state index is 0.201. The zero-order valence-corrected chi connectivity index (χ0v) is 10.0. The van der Waals surface area contributed by atoms with Gasteiger partial charge in [-0.25, -0.2) is 4.98 Å². The molecule has 15 heavy (non-hydrogen) atoms. The second-order valence-corrected chi connectivity index (χ2v) is 5.15. The Morgan fingerprint density at radius 1 is 1.67 bits per heavy atom. The molecule has 0 amide bonds. The minimum Gasteiger partial charge on any atom is -0.299 e. The Balaban J connectivity index is 1.96.